The van der Waals surface area contributed by atoms with Crippen LogP contribution in [0.5, 0.6) is 0 Å². The topological polar surface area (TPSA) is 46.6 Å². The molecule has 0 aromatic heterocycles. The average Bonchev–Trinajstić information content (AvgIpc) is 2.66. The highest BCUT2D eigenvalue weighted by Crippen LogP contribution is 2.34. The van der Waals surface area contributed by atoms with E-state index in [9.17, 15) is 22.8 Å². The van der Waals surface area contributed by atoms with E-state index in [1.54, 1.807) is 0 Å². The first-order valence-corrected chi connectivity index (χ1v) is 8.50. The Morgan fingerprint density at radius 3 is 2.56 bits per heavy atom. The number of ketones is 1. The predicted molar refractivity (Wildman–Crippen MR) is 92.4 cm³/mol. The number of alkyl halides is 3. The van der Waals surface area contributed by atoms with Crippen LogP contribution in [0.2, 0.25) is 0 Å². The largest absolute Gasteiger partial charge is 0.444 e. The van der Waals surface area contributed by atoms with Crippen molar-refractivity contribution >= 4 is 11.9 Å². The number of amides is 1. The molecule has 1 aliphatic carbocycles. The van der Waals surface area contributed by atoms with Gasteiger partial charge in [0.15, 0.2) is 5.78 Å². The van der Waals surface area contributed by atoms with Gasteiger partial charge in [0, 0.05) is 18.5 Å². The Morgan fingerprint density at radius 2 is 1.93 bits per heavy atom. The van der Waals surface area contributed by atoms with Crippen LogP contribution in [0.4, 0.5) is 18.0 Å². The third-order valence-electron chi connectivity index (χ3n) is 4.56. The molecular weight excluding hydrogens is 359 g/mol. The van der Waals surface area contributed by atoms with Crippen molar-refractivity contribution in [2.24, 2.45) is 5.92 Å². The predicted octanol–water partition coefficient (Wildman–Crippen LogP) is 4.55. The Morgan fingerprint density at radius 1 is 1.19 bits per heavy atom. The lowest BCUT2D eigenvalue weighted by atomic mass is 9.85. The minimum Gasteiger partial charge on any atom is -0.444 e. The molecule has 0 bridgehead atoms. The first-order chi connectivity index (χ1) is 12.8. The Balaban J connectivity index is 1.69. The molecule has 0 radical (unpaired) electrons. The average molecular weight is 377 g/mol. The van der Waals surface area contributed by atoms with Crippen LogP contribution in [0.15, 0.2) is 66.4 Å². The third kappa shape index (κ3) is 4.67. The highest BCUT2D eigenvalue weighted by Gasteiger charge is 2.37. The van der Waals surface area contributed by atoms with Gasteiger partial charge in [-0.05, 0) is 18.1 Å². The highest BCUT2D eigenvalue weighted by molar-refractivity contribution is 5.92. The molecule has 4 nitrogen and oxygen atoms in total. The van der Waals surface area contributed by atoms with Gasteiger partial charge in [0.2, 0.25) is 0 Å². The summed E-state index contributed by atoms with van der Waals surface area (Å²) in [6.07, 6.45) is 1.25. The standard InChI is InChI=1S/C20H18F3NO3/c21-20(22,23)16-8-6-15(7-9-16)18-12-17(25)10-11-24(18)19(26)27-13-14-4-2-1-3-5-14/h1-6,8-11,15,18H,7,12-13H2/t15?,18-/m1/s1. The van der Waals surface area contributed by atoms with Gasteiger partial charge in [0.1, 0.15) is 6.61 Å². The molecule has 0 N–H and O–H groups in total. The van der Waals surface area contributed by atoms with Gasteiger partial charge in [0.25, 0.3) is 0 Å². The number of allylic oxidation sites excluding steroid dienone is 4. The molecule has 1 aromatic carbocycles. The van der Waals surface area contributed by atoms with Crippen LogP contribution >= 0.6 is 0 Å². The summed E-state index contributed by atoms with van der Waals surface area (Å²) in [6.45, 7) is 0.0727. The highest BCUT2D eigenvalue weighted by atomic mass is 19.4. The zero-order chi connectivity index (χ0) is 19.4. The number of hydrogen-bond acceptors (Lipinski definition) is 3. The van der Waals surface area contributed by atoms with E-state index in [0.717, 1.165) is 17.7 Å². The summed E-state index contributed by atoms with van der Waals surface area (Å²) in [5.74, 6) is -0.569. The molecule has 142 valence electrons. The van der Waals surface area contributed by atoms with Crippen molar-refractivity contribution in [3.05, 3.63) is 72.0 Å². The number of hydrogen-bond donors (Lipinski definition) is 0. The summed E-state index contributed by atoms with van der Waals surface area (Å²) in [5, 5.41) is 0. The Bertz CT molecular complexity index is 796. The summed E-state index contributed by atoms with van der Waals surface area (Å²) >= 11 is 0. The van der Waals surface area contributed by atoms with Crippen molar-refractivity contribution in [3.63, 3.8) is 0 Å². The Hall–Kier alpha value is -2.83. The number of halogens is 3. The molecule has 0 fully saturated rings. The van der Waals surface area contributed by atoms with Crippen molar-refractivity contribution in [2.45, 2.75) is 31.7 Å². The molecule has 7 heteroatoms. The fourth-order valence-corrected chi connectivity index (χ4v) is 3.13. The van der Waals surface area contributed by atoms with E-state index in [4.69, 9.17) is 4.74 Å². The molecule has 2 aliphatic rings. The maximum Gasteiger partial charge on any atom is 0.416 e. The lowest BCUT2D eigenvalue weighted by Gasteiger charge is -2.35. The second-order valence-electron chi connectivity index (χ2n) is 6.42. The van der Waals surface area contributed by atoms with Crippen LogP contribution < -0.4 is 0 Å². The lowest BCUT2D eigenvalue weighted by molar-refractivity contribution is -0.116. The zero-order valence-corrected chi connectivity index (χ0v) is 14.4. The smallest absolute Gasteiger partial charge is 0.416 e. The minimum atomic E-state index is -4.40. The number of carbonyl (C=O) groups is 2. The summed E-state index contributed by atoms with van der Waals surface area (Å²) in [5.41, 5.74) is 0.101. The summed E-state index contributed by atoms with van der Waals surface area (Å²) in [6, 6.07) is 8.54. The molecule has 1 aliphatic heterocycles. The maximum absolute atomic E-state index is 12.8. The van der Waals surface area contributed by atoms with Gasteiger partial charge < -0.3 is 4.74 Å². The summed E-state index contributed by atoms with van der Waals surface area (Å²) < 4.78 is 43.6. The fraction of sp³-hybridized carbons (Fsp3) is 0.300. The number of ether oxygens (including phenoxy) is 1. The van der Waals surface area contributed by atoms with Gasteiger partial charge in [-0.2, -0.15) is 13.2 Å². The number of rotatable bonds is 3. The first-order valence-electron chi connectivity index (χ1n) is 8.50. The summed E-state index contributed by atoms with van der Waals surface area (Å²) in [4.78, 5) is 25.6. The Kier molecular flexibility index (Phi) is 5.48. The maximum atomic E-state index is 12.8. The fourth-order valence-electron chi connectivity index (χ4n) is 3.13. The van der Waals surface area contributed by atoms with Gasteiger partial charge in [0.05, 0.1) is 11.6 Å². The monoisotopic (exact) mass is 377 g/mol. The second kappa shape index (κ2) is 7.82. The van der Waals surface area contributed by atoms with Crippen molar-refractivity contribution in [1.29, 1.82) is 0 Å². The molecule has 1 unspecified atom stereocenters. The van der Waals surface area contributed by atoms with Crippen LogP contribution in [-0.4, -0.2) is 29.0 Å². The number of nitrogens with zero attached hydrogens (tertiary/aromatic N) is 1. The van der Waals surface area contributed by atoms with Gasteiger partial charge >= 0.3 is 12.3 Å². The minimum absolute atomic E-state index is 0.0428. The molecule has 1 aromatic rings. The number of carbonyl (C=O) groups excluding carboxylic acids is 2. The van der Waals surface area contributed by atoms with E-state index in [1.807, 2.05) is 30.3 Å². The van der Waals surface area contributed by atoms with E-state index >= 15 is 0 Å². The molecule has 1 amide bonds. The van der Waals surface area contributed by atoms with Crippen molar-refractivity contribution in [3.8, 4) is 0 Å². The summed E-state index contributed by atoms with van der Waals surface area (Å²) in [7, 11) is 0. The quantitative estimate of drug-likeness (QED) is 0.777. The van der Waals surface area contributed by atoms with Crippen LogP contribution in [0, 0.1) is 5.92 Å². The van der Waals surface area contributed by atoms with Crippen molar-refractivity contribution < 1.29 is 27.5 Å². The van der Waals surface area contributed by atoms with E-state index in [1.165, 1.54) is 23.3 Å². The van der Waals surface area contributed by atoms with Crippen LogP contribution in [0.3, 0.4) is 0 Å². The molecule has 27 heavy (non-hydrogen) atoms. The zero-order valence-electron chi connectivity index (χ0n) is 14.4. The van der Waals surface area contributed by atoms with Crippen LogP contribution in [-0.2, 0) is 16.1 Å². The van der Waals surface area contributed by atoms with Gasteiger partial charge in [-0.25, -0.2) is 4.79 Å². The second-order valence-corrected chi connectivity index (χ2v) is 6.42. The van der Waals surface area contributed by atoms with Crippen molar-refractivity contribution in [1.82, 2.24) is 4.90 Å². The van der Waals surface area contributed by atoms with Gasteiger partial charge in [-0.1, -0.05) is 48.6 Å². The molecule has 3 rings (SSSR count). The SMILES string of the molecule is O=C1C=CN(C(=O)OCc2ccccc2)[C@@H](C2C=CC(C(F)(F)F)=CC2)C1. The van der Waals surface area contributed by atoms with E-state index in [0.29, 0.717) is 0 Å². The lowest BCUT2D eigenvalue weighted by Crippen LogP contribution is -2.44. The van der Waals surface area contributed by atoms with Gasteiger partial charge in [-0.3, -0.25) is 9.69 Å². The Labute approximate surface area is 154 Å². The molecule has 0 spiro atoms. The molecule has 1 heterocycles. The number of benzene rings is 1. The van der Waals surface area contributed by atoms with E-state index in [2.05, 4.69) is 0 Å². The molecular formula is C20H18F3NO3. The third-order valence-corrected chi connectivity index (χ3v) is 4.56. The van der Waals surface area contributed by atoms with Crippen LogP contribution in [0.25, 0.3) is 0 Å². The van der Waals surface area contributed by atoms with Gasteiger partial charge in [-0.15, -0.1) is 0 Å². The normalized spacial score (nSPS) is 22.6. The van der Waals surface area contributed by atoms with E-state index in [-0.39, 0.29) is 25.2 Å². The first kappa shape index (κ1) is 18.9. The van der Waals surface area contributed by atoms with Crippen molar-refractivity contribution in [2.75, 3.05) is 0 Å². The van der Waals surface area contributed by atoms with E-state index < -0.39 is 29.8 Å². The molecule has 2 atom stereocenters. The molecule has 0 saturated carbocycles. The van der Waals surface area contributed by atoms with Crippen LogP contribution in [0.1, 0.15) is 18.4 Å². The molecule has 0 saturated heterocycles.